The Hall–Kier alpha value is -2.59. The van der Waals surface area contributed by atoms with Crippen molar-refractivity contribution in [1.29, 1.82) is 0 Å². The second kappa shape index (κ2) is 8.83. The molecule has 0 radical (unpaired) electrons. The fourth-order valence-corrected chi connectivity index (χ4v) is 3.68. The summed E-state index contributed by atoms with van der Waals surface area (Å²) in [6.45, 7) is 1.33. The normalized spacial score (nSPS) is 13.8. The highest BCUT2D eigenvalue weighted by molar-refractivity contribution is 7.92. The quantitative estimate of drug-likeness (QED) is 0.314. The molecule has 6 nitrogen and oxygen atoms in total. The molecule has 1 atom stereocenters. The van der Waals surface area contributed by atoms with E-state index in [9.17, 15) is 26.4 Å². The first-order chi connectivity index (χ1) is 13.4. The summed E-state index contributed by atoms with van der Waals surface area (Å²) in [5.41, 5.74) is 4.82. The molecular formula is C18H16ClF3N2O4S. The van der Waals surface area contributed by atoms with Crippen LogP contribution in [0.3, 0.4) is 0 Å². The molecular weight excluding hydrogens is 433 g/mol. The van der Waals surface area contributed by atoms with Crippen LogP contribution in [0.15, 0.2) is 58.6 Å². The third-order valence-corrected chi connectivity index (χ3v) is 6.29. The molecule has 0 bridgehead atoms. The molecule has 0 aromatic heterocycles. The van der Waals surface area contributed by atoms with Crippen molar-refractivity contribution in [2.75, 3.05) is 0 Å². The first-order valence-corrected chi connectivity index (χ1v) is 10.0. The maximum absolute atomic E-state index is 12.5. The zero-order valence-electron chi connectivity index (χ0n) is 15.0. The molecule has 0 aliphatic carbocycles. The van der Waals surface area contributed by atoms with Crippen LogP contribution in [0.2, 0.25) is 5.02 Å². The van der Waals surface area contributed by atoms with Crippen molar-refractivity contribution >= 4 is 33.2 Å². The molecule has 0 saturated heterocycles. The van der Waals surface area contributed by atoms with Gasteiger partial charge >= 0.3 is 12.1 Å². The van der Waals surface area contributed by atoms with Crippen LogP contribution in [0.4, 0.5) is 13.2 Å². The largest absolute Gasteiger partial charge is 0.416 e. The number of hydrogen-bond donors (Lipinski definition) is 1. The van der Waals surface area contributed by atoms with Crippen molar-refractivity contribution in [2.24, 2.45) is 10.9 Å². The van der Waals surface area contributed by atoms with Gasteiger partial charge < -0.3 is 10.6 Å². The Kier molecular flexibility index (Phi) is 6.91. The standard InChI is InChI=1S/C18H16ClF3N2O4S/c1-11(29(26,27)15-8-6-14(19)7-9-15)10-16(25)28-24-17(23)12-2-4-13(5-3-12)18(20,21)22/h2-9,11H,10H2,1H3,(H2,23,24)/t11-/m0/s1. The van der Waals surface area contributed by atoms with E-state index < -0.39 is 39.2 Å². The lowest BCUT2D eigenvalue weighted by Gasteiger charge is -2.11. The minimum absolute atomic E-state index is 0.00466. The molecule has 0 heterocycles. The van der Waals surface area contributed by atoms with Gasteiger partial charge in [0, 0.05) is 10.6 Å². The van der Waals surface area contributed by atoms with Crippen LogP contribution in [0.25, 0.3) is 0 Å². The summed E-state index contributed by atoms with van der Waals surface area (Å²) in [4.78, 5) is 16.5. The number of alkyl halides is 3. The second-order valence-electron chi connectivity index (χ2n) is 6.03. The van der Waals surface area contributed by atoms with E-state index in [0.717, 1.165) is 24.3 Å². The van der Waals surface area contributed by atoms with Gasteiger partial charge in [-0.3, -0.25) is 0 Å². The van der Waals surface area contributed by atoms with Gasteiger partial charge in [0.1, 0.15) is 0 Å². The van der Waals surface area contributed by atoms with Gasteiger partial charge in [-0.25, -0.2) is 13.2 Å². The molecule has 2 aromatic rings. The third-order valence-electron chi connectivity index (χ3n) is 3.88. The van der Waals surface area contributed by atoms with E-state index in [1.165, 1.54) is 31.2 Å². The van der Waals surface area contributed by atoms with Crippen LogP contribution in [-0.4, -0.2) is 25.5 Å². The Labute approximate surface area is 170 Å². The number of rotatable bonds is 6. The Morgan fingerprint density at radius 1 is 1.14 bits per heavy atom. The van der Waals surface area contributed by atoms with E-state index in [0.29, 0.717) is 5.02 Å². The van der Waals surface area contributed by atoms with Crippen LogP contribution in [0.1, 0.15) is 24.5 Å². The van der Waals surface area contributed by atoms with E-state index in [1.807, 2.05) is 0 Å². The Bertz CT molecular complexity index is 1000. The smallest absolute Gasteiger partial charge is 0.380 e. The molecule has 0 aliphatic heterocycles. The Balaban J connectivity index is 2.01. The molecule has 0 aliphatic rings. The number of carbonyl (C=O) groups is 1. The van der Waals surface area contributed by atoms with E-state index in [-0.39, 0.29) is 16.3 Å². The molecule has 156 valence electrons. The summed E-state index contributed by atoms with van der Waals surface area (Å²) < 4.78 is 62.5. The average molecular weight is 449 g/mol. The average Bonchev–Trinajstić information content (AvgIpc) is 2.65. The van der Waals surface area contributed by atoms with Gasteiger partial charge in [0.2, 0.25) is 0 Å². The van der Waals surface area contributed by atoms with Crippen molar-refractivity contribution in [3.63, 3.8) is 0 Å². The minimum atomic E-state index is -4.50. The Morgan fingerprint density at radius 2 is 1.69 bits per heavy atom. The topological polar surface area (TPSA) is 98.8 Å². The molecule has 29 heavy (non-hydrogen) atoms. The van der Waals surface area contributed by atoms with Gasteiger partial charge in [-0.05, 0) is 43.3 Å². The summed E-state index contributed by atoms with van der Waals surface area (Å²) >= 11 is 5.73. The lowest BCUT2D eigenvalue weighted by molar-refractivity contribution is -0.143. The molecule has 0 spiro atoms. The van der Waals surface area contributed by atoms with Crippen LogP contribution in [0.5, 0.6) is 0 Å². The number of carbonyl (C=O) groups excluding carboxylic acids is 1. The zero-order chi connectivity index (χ0) is 21.8. The van der Waals surface area contributed by atoms with Crippen LogP contribution >= 0.6 is 11.6 Å². The molecule has 0 amide bonds. The number of nitrogens with two attached hydrogens (primary N) is 1. The van der Waals surface area contributed by atoms with Crippen molar-refractivity contribution < 1.29 is 31.2 Å². The lowest BCUT2D eigenvalue weighted by Crippen LogP contribution is -2.23. The van der Waals surface area contributed by atoms with Crippen LogP contribution in [-0.2, 0) is 25.6 Å². The summed E-state index contributed by atoms with van der Waals surface area (Å²) in [7, 11) is -3.81. The van der Waals surface area contributed by atoms with Gasteiger partial charge in [0.05, 0.1) is 22.1 Å². The van der Waals surface area contributed by atoms with Crippen LogP contribution < -0.4 is 5.73 Å². The zero-order valence-corrected chi connectivity index (χ0v) is 16.6. The predicted molar refractivity (Wildman–Crippen MR) is 101 cm³/mol. The Morgan fingerprint density at radius 3 is 2.21 bits per heavy atom. The number of benzene rings is 2. The monoisotopic (exact) mass is 448 g/mol. The third kappa shape index (κ3) is 5.94. The van der Waals surface area contributed by atoms with Gasteiger partial charge in [0.15, 0.2) is 15.7 Å². The highest BCUT2D eigenvalue weighted by atomic mass is 35.5. The van der Waals surface area contributed by atoms with Crippen molar-refractivity contribution in [3.8, 4) is 0 Å². The molecule has 0 unspecified atom stereocenters. The first-order valence-electron chi connectivity index (χ1n) is 8.11. The van der Waals surface area contributed by atoms with E-state index in [2.05, 4.69) is 9.99 Å². The predicted octanol–water partition coefficient (Wildman–Crippen LogP) is 3.77. The maximum atomic E-state index is 12.5. The van der Waals surface area contributed by atoms with Crippen molar-refractivity contribution in [1.82, 2.24) is 0 Å². The van der Waals surface area contributed by atoms with Crippen LogP contribution in [0, 0.1) is 0 Å². The van der Waals surface area contributed by atoms with E-state index >= 15 is 0 Å². The van der Waals surface area contributed by atoms with E-state index in [1.54, 1.807) is 0 Å². The molecule has 2 N–H and O–H groups in total. The summed E-state index contributed by atoms with van der Waals surface area (Å²) in [6.07, 6.45) is -5.00. The van der Waals surface area contributed by atoms with Crippen molar-refractivity contribution in [2.45, 2.75) is 29.7 Å². The number of halogens is 4. The summed E-state index contributed by atoms with van der Waals surface area (Å²) in [5, 5.41) is 2.61. The fourth-order valence-electron chi connectivity index (χ4n) is 2.22. The number of hydrogen-bond acceptors (Lipinski definition) is 5. The van der Waals surface area contributed by atoms with Gasteiger partial charge in [-0.15, -0.1) is 0 Å². The highest BCUT2D eigenvalue weighted by Crippen LogP contribution is 2.29. The molecule has 11 heteroatoms. The second-order valence-corrected chi connectivity index (χ2v) is 8.83. The fraction of sp³-hybridized carbons (Fsp3) is 0.222. The summed E-state index contributed by atoms with van der Waals surface area (Å²) in [5.74, 6) is -1.30. The molecule has 0 saturated carbocycles. The van der Waals surface area contributed by atoms with Gasteiger partial charge in [0.25, 0.3) is 0 Å². The number of oxime groups is 1. The number of nitrogens with zero attached hydrogens (tertiary/aromatic N) is 1. The molecule has 2 rings (SSSR count). The first kappa shape index (κ1) is 22.7. The van der Waals surface area contributed by atoms with Crippen molar-refractivity contribution in [3.05, 3.63) is 64.7 Å². The lowest BCUT2D eigenvalue weighted by atomic mass is 10.1. The number of sulfone groups is 1. The van der Waals surface area contributed by atoms with Gasteiger partial charge in [-0.2, -0.15) is 13.2 Å². The minimum Gasteiger partial charge on any atom is -0.380 e. The van der Waals surface area contributed by atoms with E-state index in [4.69, 9.17) is 17.3 Å². The highest BCUT2D eigenvalue weighted by Gasteiger charge is 2.30. The van der Waals surface area contributed by atoms with Gasteiger partial charge in [-0.1, -0.05) is 28.9 Å². The maximum Gasteiger partial charge on any atom is 0.416 e. The number of amidine groups is 1. The molecule has 0 fully saturated rings. The summed E-state index contributed by atoms with van der Waals surface area (Å²) in [6, 6.07) is 9.22. The SMILES string of the molecule is C[C@@H](CC(=O)O/N=C(\N)c1ccc(C(F)(F)F)cc1)S(=O)(=O)c1ccc(Cl)cc1. The molecule has 2 aromatic carbocycles.